The van der Waals surface area contributed by atoms with Crippen molar-refractivity contribution in [3.8, 4) is 0 Å². The molecule has 0 radical (unpaired) electrons. The Hall–Kier alpha value is -1.75. The molecule has 0 spiro atoms. The number of hydrogen-bond acceptors (Lipinski definition) is 3. The fraction of sp³-hybridized carbons (Fsp3) is 0.467. The first-order valence-corrected chi connectivity index (χ1v) is 6.80. The van der Waals surface area contributed by atoms with Crippen molar-refractivity contribution >= 4 is 10.9 Å². The zero-order valence-corrected chi connectivity index (χ0v) is 11.8. The molecule has 2 aromatic rings. The van der Waals surface area contributed by atoms with Crippen molar-refractivity contribution in [3.63, 3.8) is 0 Å². The second kappa shape index (κ2) is 4.66. The molecule has 3 rings (SSSR count). The molecule has 2 heterocycles. The second-order valence-corrected chi connectivity index (χ2v) is 6.14. The summed E-state index contributed by atoms with van der Waals surface area (Å²) in [5, 5.41) is 0.476. The van der Waals surface area contributed by atoms with Gasteiger partial charge in [0, 0.05) is 19.2 Å². The minimum atomic E-state index is -0.369. The summed E-state index contributed by atoms with van der Waals surface area (Å²) in [5.41, 5.74) is 0.416. The van der Waals surface area contributed by atoms with Crippen molar-refractivity contribution in [2.45, 2.75) is 19.9 Å². The summed E-state index contributed by atoms with van der Waals surface area (Å²) in [4.78, 5) is 18.9. The summed E-state index contributed by atoms with van der Waals surface area (Å²) in [6.07, 6.45) is 2.60. The van der Waals surface area contributed by atoms with E-state index in [1.54, 1.807) is 4.57 Å². The van der Waals surface area contributed by atoms with E-state index in [4.69, 9.17) is 0 Å². The predicted molar refractivity (Wildman–Crippen MR) is 76.2 cm³/mol. The zero-order chi connectivity index (χ0) is 14.3. The van der Waals surface area contributed by atoms with E-state index in [9.17, 15) is 9.18 Å². The topological polar surface area (TPSA) is 38.1 Å². The molecule has 1 saturated heterocycles. The van der Waals surface area contributed by atoms with Crippen LogP contribution in [0.5, 0.6) is 0 Å². The van der Waals surface area contributed by atoms with E-state index in [1.807, 2.05) is 0 Å². The van der Waals surface area contributed by atoms with E-state index >= 15 is 0 Å². The van der Waals surface area contributed by atoms with E-state index in [0.717, 1.165) is 19.5 Å². The number of fused-ring (bicyclic) bond motifs is 1. The van der Waals surface area contributed by atoms with Gasteiger partial charge in [-0.05, 0) is 37.6 Å². The van der Waals surface area contributed by atoms with Crippen LogP contribution in [0.1, 0.15) is 13.3 Å². The van der Waals surface area contributed by atoms with Crippen LogP contribution in [0.3, 0.4) is 0 Å². The van der Waals surface area contributed by atoms with Crippen molar-refractivity contribution in [3.05, 3.63) is 40.7 Å². The van der Waals surface area contributed by atoms with Crippen LogP contribution in [-0.2, 0) is 6.54 Å². The third-order valence-electron chi connectivity index (χ3n) is 4.09. The van der Waals surface area contributed by atoms with Crippen molar-refractivity contribution in [2.24, 2.45) is 5.41 Å². The summed E-state index contributed by atoms with van der Waals surface area (Å²) in [5.74, 6) is -0.369. The van der Waals surface area contributed by atoms with E-state index in [-0.39, 0.29) is 16.8 Å². The normalized spacial score (nSPS) is 23.6. The van der Waals surface area contributed by atoms with Crippen molar-refractivity contribution < 1.29 is 4.39 Å². The van der Waals surface area contributed by atoms with Gasteiger partial charge in [0.15, 0.2) is 0 Å². The van der Waals surface area contributed by atoms with Gasteiger partial charge in [-0.3, -0.25) is 9.36 Å². The Balaban J connectivity index is 1.99. The average Bonchev–Trinajstić information content (AvgIpc) is 2.73. The maximum atomic E-state index is 13.1. The molecule has 0 amide bonds. The van der Waals surface area contributed by atoms with Gasteiger partial charge in [-0.2, -0.15) is 0 Å². The molecular weight excluding hydrogens is 257 g/mol. The zero-order valence-electron chi connectivity index (χ0n) is 11.8. The fourth-order valence-electron chi connectivity index (χ4n) is 3.05. The lowest BCUT2D eigenvalue weighted by Crippen LogP contribution is -2.32. The molecule has 1 aliphatic rings. The molecule has 4 nitrogen and oxygen atoms in total. The van der Waals surface area contributed by atoms with Crippen molar-refractivity contribution in [1.82, 2.24) is 14.5 Å². The number of aromatic nitrogens is 2. The molecule has 106 valence electrons. The minimum Gasteiger partial charge on any atom is -0.306 e. The predicted octanol–water partition coefficient (Wildman–Crippen LogP) is 1.88. The number of rotatable bonds is 2. The van der Waals surface area contributed by atoms with Gasteiger partial charge in [-0.15, -0.1) is 0 Å². The number of nitrogens with zero attached hydrogens (tertiary/aromatic N) is 3. The van der Waals surface area contributed by atoms with Crippen LogP contribution in [0.2, 0.25) is 0 Å². The summed E-state index contributed by atoms with van der Waals surface area (Å²) < 4.78 is 14.8. The number of benzene rings is 1. The Morgan fingerprint density at radius 3 is 2.95 bits per heavy atom. The summed E-state index contributed by atoms with van der Waals surface area (Å²) in [7, 11) is 2.09. The third-order valence-corrected chi connectivity index (χ3v) is 4.09. The van der Waals surface area contributed by atoms with Crippen LogP contribution in [0.15, 0.2) is 29.3 Å². The fourth-order valence-corrected chi connectivity index (χ4v) is 3.05. The third kappa shape index (κ3) is 2.33. The first-order valence-electron chi connectivity index (χ1n) is 6.80. The SMILES string of the molecule is CN1CC[C@@](C)(Cn2cnc3cc(F)ccc3c2=O)C1. The molecule has 1 aromatic heterocycles. The van der Waals surface area contributed by atoms with Gasteiger partial charge in [0.25, 0.3) is 5.56 Å². The second-order valence-electron chi connectivity index (χ2n) is 6.14. The Morgan fingerprint density at radius 2 is 2.25 bits per heavy atom. The quantitative estimate of drug-likeness (QED) is 0.840. The Kier molecular flexibility index (Phi) is 3.09. The molecule has 1 aromatic carbocycles. The highest BCUT2D eigenvalue weighted by Gasteiger charge is 2.32. The van der Waals surface area contributed by atoms with Gasteiger partial charge in [-0.25, -0.2) is 9.37 Å². The van der Waals surface area contributed by atoms with E-state index in [0.29, 0.717) is 17.4 Å². The Labute approximate surface area is 116 Å². The van der Waals surface area contributed by atoms with Crippen molar-refractivity contribution in [1.29, 1.82) is 0 Å². The monoisotopic (exact) mass is 275 g/mol. The summed E-state index contributed by atoms with van der Waals surface area (Å²) in [6, 6.07) is 4.12. The number of halogens is 1. The maximum absolute atomic E-state index is 13.1. The molecule has 1 aliphatic heterocycles. The lowest BCUT2D eigenvalue weighted by Gasteiger charge is -2.24. The van der Waals surface area contributed by atoms with Crippen LogP contribution in [-0.4, -0.2) is 34.6 Å². The summed E-state index contributed by atoms with van der Waals surface area (Å²) >= 11 is 0. The molecule has 0 aliphatic carbocycles. The van der Waals surface area contributed by atoms with E-state index < -0.39 is 0 Å². The lowest BCUT2D eigenvalue weighted by atomic mass is 9.90. The van der Waals surface area contributed by atoms with Crippen LogP contribution in [0.25, 0.3) is 10.9 Å². The molecule has 1 atom stereocenters. The minimum absolute atomic E-state index is 0.0912. The average molecular weight is 275 g/mol. The first-order chi connectivity index (χ1) is 9.47. The van der Waals surface area contributed by atoms with Crippen LogP contribution >= 0.6 is 0 Å². The number of hydrogen-bond donors (Lipinski definition) is 0. The molecule has 0 N–H and O–H groups in total. The van der Waals surface area contributed by atoms with Crippen LogP contribution in [0, 0.1) is 11.2 Å². The highest BCUT2D eigenvalue weighted by atomic mass is 19.1. The molecule has 0 saturated carbocycles. The van der Waals surface area contributed by atoms with Gasteiger partial charge >= 0.3 is 0 Å². The highest BCUT2D eigenvalue weighted by molar-refractivity contribution is 5.77. The highest BCUT2D eigenvalue weighted by Crippen LogP contribution is 2.30. The Bertz CT molecular complexity index is 712. The molecular formula is C15H18FN3O. The maximum Gasteiger partial charge on any atom is 0.261 e. The number of likely N-dealkylation sites (tertiary alicyclic amines) is 1. The standard InChI is InChI=1S/C15H18FN3O/c1-15(5-6-18(2)8-15)9-19-10-17-13-7-11(16)3-4-12(13)14(19)20/h3-4,7,10H,5-6,8-9H2,1-2H3/t15-/m1/s1. The lowest BCUT2D eigenvalue weighted by molar-refractivity contribution is 0.265. The van der Waals surface area contributed by atoms with Crippen molar-refractivity contribution in [2.75, 3.05) is 20.1 Å². The summed E-state index contributed by atoms with van der Waals surface area (Å²) in [6.45, 7) is 4.87. The molecule has 20 heavy (non-hydrogen) atoms. The smallest absolute Gasteiger partial charge is 0.261 e. The van der Waals surface area contributed by atoms with Gasteiger partial charge in [0.05, 0.1) is 17.2 Å². The van der Waals surface area contributed by atoms with Gasteiger partial charge < -0.3 is 4.90 Å². The van der Waals surface area contributed by atoms with E-state index in [1.165, 1.54) is 24.5 Å². The largest absolute Gasteiger partial charge is 0.306 e. The van der Waals surface area contributed by atoms with Crippen LogP contribution < -0.4 is 5.56 Å². The van der Waals surface area contributed by atoms with Crippen LogP contribution in [0.4, 0.5) is 4.39 Å². The molecule has 0 bridgehead atoms. The first kappa shape index (κ1) is 13.2. The molecule has 5 heteroatoms. The van der Waals surface area contributed by atoms with Gasteiger partial charge in [-0.1, -0.05) is 6.92 Å². The van der Waals surface area contributed by atoms with E-state index in [2.05, 4.69) is 23.9 Å². The molecule has 0 unspecified atom stereocenters. The molecule has 1 fully saturated rings. The van der Waals surface area contributed by atoms with Gasteiger partial charge in [0.1, 0.15) is 5.82 Å². The Morgan fingerprint density at radius 1 is 1.45 bits per heavy atom. The van der Waals surface area contributed by atoms with Gasteiger partial charge in [0.2, 0.25) is 0 Å².